The minimum Gasteiger partial charge on any atom is -0.488 e. The predicted molar refractivity (Wildman–Crippen MR) is 83.6 cm³/mol. The van der Waals surface area contributed by atoms with Crippen molar-refractivity contribution in [2.45, 2.75) is 31.3 Å². The molecule has 0 N–H and O–H groups in total. The number of hydrogen-bond donors (Lipinski definition) is 0. The Morgan fingerprint density at radius 1 is 1.10 bits per heavy atom. The molecule has 2 aromatic rings. The van der Waals surface area contributed by atoms with Gasteiger partial charge in [0.05, 0.1) is 6.07 Å². The van der Waals surface area contributed by atoms with Crippen molar-refractivity contribution in [3.05, 3.63) is 64.7 Å². The molecule has 106 valence electrons. The maximum absolute atomic E-state index is 9.44. The van der Waals surface area contributed by atoms with E-state index in [4.69, 9.17) is 16.3 Å². The molecule has 0 radical (unpaired) electrons. The van der Waals surface area contributed by atoms with E-state index in [1.165, 1.54) is 5.56 Å². The van der Waals surface area contributed by atoms with Gasteiger partial charge in [-0.25, -0.2) is 0 Å². The molecule has 0 saturated heterocycles. The Morgan fingerprint density at radius 3 is 2.67 bits per heavy atom. The van der Waals surface area contributed by atoms with Crippen molar-refractivity contribution in [3.8, 4) is 11.8 Å². The Labute approximate surface area is 129 Å². The maximum atomic E-state index is 9.44. The lowest BCUT2D eigenvalue weighted by molar-refractivity contribution is 0.207. The summed E-state index contributed by atoms with van der Waals surface area (Å²) in [5, 5.41) is 10.1. The molecule has 2 nitrogen and oxygen atoms in total. The summed E-state index contributed by atoms with van der Waals surface area (Å²) in [4.78, 5) is 0. The Kier molecular flexibility index (Phi) is 4.13. The number of ether oxygens (including phenoxy) is 1. The van der Waals surface area contributed by atoms with Crippen LogP contribution in [-0.2, 0) is 6.42 Å². The molecule has 0 aliphatic carbocycles. The molecule has 2 unspecified atom stereocenters. The summed E-state index contributed by atoms with van der Waals surface area (Å²) in [6.07, 6.45) is 2.77. The second-order valence-corrected chi connectivity index (χ2v) is 5.70. The molecule has 0 amide bonds. The summed E-state index contributed by atoms with van der Waals surface area (Å²) in [7, 11) is 0. The van der Waals surface area contributed by atoms with Crippen LogP contribution in [0, 0.1) is 11.3 Å². The van der Waals surface area contributed by atoms with Gasteiger partial charge in [0.25, 0.3) is 0 Å². The van der Waals surface area contributed by atoms with Gasteiger partial charge in [0.1, 0.15) is 17.8 Å². The van der Waals surface area contributed by atoms with E-state index >= 15 is 0 Å². The third kappa shape index (κ3) is 2.89. The SMILES string of the molecule is N#CC1c2c(Cl)cccc2OC1CCCc1ccccc1. The fraction of sp³-hybridized carbons (Fsp3) is 0.278. The normalized spacial score (nSPS) is 19.6. The largest absolute Gasteiger partial charge is 0.488 e. The first kappa shape index (κ1) is 14.0. The summed E-state index contributed by atoms with van der Waals surface area (Å²) in [5.74, 6) is 0.503. The first-order valence-electron chi connectivity index (χ1n) is 7.18. The maximum Gasteiger partial charge on any atom is 0.125 e. The van der Waals surface area contributed by atoms with E-state index in [1.54, 1.807) is 0 Å². The summed E-state index contributed by atoms with van der Waals surface area (Å²) in [5.41, 5.74) is 2.17. The summed E-state index contributed by atoms with van der Waals surface area (Å²) >= 11 is 6.21. The molecule has 0 bridgehead atoms. The summed E-state index contributed by atoms with van der Waals surface area (Å²) < 4.78 is 5.92. The van der Waals surface area contributed by atoms with E-state index in [1.807, 2.05) is 24.3 Å². The van der Waals surface area contributed by atoms with Gasteiger partial charge in [-0.1, -0.05) is 48.0 Å². The van der Waals surface area contributed by atoms with Gasteiger partial charge in [0, 0.05) is 10.6 Å². The number of fused-ring (bicyclic) bond motifs is 1. The summed E-state index contributed by atoms with van der Waals surface area (Å²) in [6, 6.07) is 18.3. The van der Waals surface area contributed by atoms with Gasteiger partial charge in [-0.3, -0.25) is 0 Å². The lowest BCUT2D eigenvalue weighted by Gasteiger charge is -2.13. The van der Waals surface area contributed by atoms with Crippen molar-refractivity contribution in [1.29, 1.82) is 5.26 Å². The van der Waals surface area contributed by atoms with E-state index in [0.29, 0.717) is 5.02 Å². The van der Waals surface area contributed by atoms with E-state index in [0.717, 1.165) is 30.6 Å². The lowest BCUT2D eigenvalue weighted by Crippen LogP contribution is -2.18. The number of aryl methyl sites for hydroxylation is 1. The van der Waals surface area contributed by atoms with Crippen LogP contribution in [-0.4, -0.2) is 6.10 Å². The zero-order valence-corrected chi connectivity index (χ0v) is 12.4. The van der Waals surface area contributed by atoms with Crippen LogP contribution in [0.3, 0.4) is 0 Å². The van der Waals surface area contributed by atoms with Crippen molar-refractivity contribution in [2.24, 2.45) is 0 Å². The highest BCUT2D eigenvalue weighted by molar-refractivity contribution is 6.31. The first-order chi connectivity index (χ1) is 10.3. The van der Waals surface area contributed by atoms with Crippen LogP contribution in [0.1, 0.15) is 29.9 Å². The second-order valence-electron chi connectivity index (χ2n) is 5.29. The molecule has 2 aromatic carbocycles. The minimum atomic E-state index is -0.260. The highest BCUT2D eigenvalue weighted by Crippen LogP contribution is 2.43. The van der Waals surface area contributed by atoms with Crippen LogP contribution < -0.4 is 4.74 Å². The minimum absolute atomic E-state index is 0.0892. The predicted octanol–water partition coefficient (Wildman–Crippen LogP) is 4.73. The number of hydrogen-bond acceptors (Lipinski definition) is 2. The van der Waals surface area contributed by atoms with Gasteiger partial charge in [-0.05, 0) is 37.0 Å². The van der Waals surface area contributed by atoms with E-state index in [2.05, 4.69) is 30.3 Å². The quantitative estimate of drug-likeness (QED) is 0.817. The highest BCUT2D eigenvalue weighted by atomic mass is 35.5. The van der Waals surface area contributed by atoms with Crippen LogP contribution in [0.4, 0.5) is 0 Å². The Morgan fingerprint density at radius 2 is 1.90 bits per heavy atom. The zero-order chi connectivity index (χ0) is 14.7. The lowest BCUT2D eigenvalue weighted by atomic mass is 9.93. The molecular formula is C18H16ClNO. The van der Waals surface area contributed by atoms with Crippen LogP contribution in [0.25, 0.3) is 0 Å². The van der Waals surface area contributed by atoms with Crippen LogP contribution >= 0.6 is 11.6 Å². The molecule has 3 rings (SSSR count). The second kappa shape index (κ2) is 6.20. The fourth-order valence-electron chi connectivity index (χ4n) is 2.86. The van der Waals surface area contributed by atoms with Gasteiger partial charge in [-0.15, -0.1) is 0 Å². The van der Waals surface area contributed by atoms with E-state index in [9.17, 15) is 5.26 Å². The number of nitriles is 1. The molecule has 2 atom stereocenters. The Balaban J connectivity index is 1.65. The molecule has 3 heteroatoms. The van der Waals surface area contributed by atoms with Crippen LogP contribution in [0.5, 0.6) is 5.75 Å². The molecule has 0 spiro atoms. The third-order valence-corrected chi connectivity index (χ3v) is 4.24. The molecule has 1 heterocycles. The molecule has 0 fully saturated rings. The number of nitrogens with zero attached hydrogens (tertiary/aromatic N) is 1. The van der Waals surface area contributed by atoms with Gasteiger partial charge < -0.3 is 4.74 Å². The van der Waals surface area contributed by atoms with Gasteiger partial charge in [0.2, 0.25) is 0 Å². The van der Waals surface area contributed by atoms with Crippen molar-refractivity contribution in [2.75, 3.05) is 0 Å². The number of halogens is 1. The van der Waals surface area contributed by atoms with Crippen molar-refractivity contribution >= 4 is 11.6 Å². The monoisotopic (exact) mass is 297 g/mol. The average molecular weight is 298 g/mol. The number of benzene rings is 2. The van der Waals surface area contributed by atoms with Gasteiger partial charge in [-0.2, -0.15) is 5.26 Å². The standard InChI is InChI=1S/C18H16ClNO/c19-15-9-5-11-17-18(15)14(12-20)16(21-17)10-4-8-13-6-2-1-3-7-13/h1-3,5-7,9,11,14,16H,4,8,10H2. The Bertz CT molecular complexity index is 663. The topological polar surface area (TPSA) is 33.0 Å². The zero-order valence-electron chi connectivity index (χ0n) is 11.6. The molecule has 1 aliphatic rings. The highest BCUT2D eigenvalue weighted by Gasteiger charge is 2.35. The average Bonchev–Trinajstić information content (AvgIpc) is 2.87. The molecule has 0 aromatic heterocycles. The van der Waals surface area contributed by atoms with Crippen molar-refractivity contribution in [1.82, 2.24) is 0 Å². The molecule has 1 aliphatic heterocycles. The molecule has 21 heavy (non-hydrogen) atoms. The van der Waals surface area contributed by atoms with Gasteiger partial charge >= 0.3 is 0 Å². The molecule has 0 saturated carbocycles. The molecular weight excluding hydrogens is 282 g/mol. The van der Waals surface area contributed by atoms with Gasteiger partial charge in [0.15, 0.2) is 0 Å². The smallest absolute Gasteiger partial charge is 0.125 e. The fourth-order valence-corrected chi connectivity index (χ4v) is 3.15. The number of rotatable bonds is 4. The van der Waals surface area contributed by atoms with Crippen LogP contribution in [0.15, 0.2) is 48.5 Å². The summed E-state index contributed by atoms with van der Waals surface area (Å²) in [6.45, 7) is 0. The Hall–Kier alpha value is -1.98. The first-order valence-corrected chi connectivity index (χ1v) is 7.56. The van der Waals surface area contributed by atoms with E-state index < -0.39 is 0 Å². The van der Waals surface area contributed by atoms with Crippen molar-refractivity contribution in [3.63, 3.8) is 0 Å². The van der Waals surface area contributed by atoms with Crippen LogP contribution in [0.2, 0.25) is 5.02 Å². The van der Waals surface area contributed by atoms with E-state index in [-0.39, 0.29) is 12.0 Å². The van der Waals surface area contributed by atoms with Crippen molar-refractivity contribution < 1.29 is 4.74 Å². The third-order valence-electron chi connectivity index (χ3n) is 3.91.